The van der Waals surface area contributed by atoms with E-state index < -0.39 is 18.5 Å². The highest BCUT2D eigenvalue weighted by atomic mass is 16.5. The summed E-state index contributed by atoms with van der Waals surface area (Å²) in [6.45, 7) is 1.70. The van der Waals surface area contributed by atoms with Crippen molar-refractivity contribution in [2.75, 3.05) is 19.8 Å². The van der Waals surface area contributed by atoms with Crippen molar-refractivity contribution >= 4 is 11.9 Å². The van der Waals surface area contributed by atoms with E-state index in [1.165, 1.54) is 6.07 Å². The van der Waals surface area contributed by atoms with Crippen LogP contribution >= 0.6 is 0 Å². The van der Waals surface area contributed by atoms with Crippen LogP contribution in [0.25, 0.3) is 0 Å². The fraction of sp³-hybridized carbons (Fsp3) is 0.333. The molecule has 0 heterocycles. The molecule has 0 fully saturated rings. The Kier molecular flexibility index (Phi) is 5.13. The van der Waals surface area contributed by atoms with Crippen molar-refractivity contribution in [3.05, 3.63) is 29.3 Å². The highest BCUT2D eigenvalue weighted by Gasteiger charge is 2.10. The van der Waals surface area contributed by atoms with Crippen molar-refractivity contribution in [3.63, 3.8) is 0 Å². The van der Waals surface area contributed by atoms with E-state index in [-0.39, 0.29) is 24.5 Å². The number of hydrogen-bond acceptors (Lipinski definition) is 4. The molecule has 0 bridgehead atoms. The molecule has 0 radical (unpaired) electrons. The summed E-state index contributed by atoms with van der Waals surface area (Å²) in [6.07, 6.45) is 0. The van der Waals surface area contributed by atoms with Crippen LogP contribution in [0.5, 0.6) is 5.75 Å². The minimum Gasteiger partial charge on any atom is -0.507 e. The van der Waals surface area contributed by atoms with Crippen LogP contribution in [0.15, 0.2) is 18.2 Å². The van der Waals surface area contributed by atoms with Gasteiger partial charge in [-0.25, -0.2) is 4.79 Å². The molecule has 0 saturated heterocycles. The first-order valence-electron chi connectivity index (χ1n) is 5.38. The Hall–Kier alpha value is -2.08. The number of rotatable bonds is 6. The van der Waals surface area contributed by atoms with Gasteiger partial charge in [-0.3, -0.25) is 4.79 Å². The van der Waals surface area contributed by atoms with Crippen LogP contribution in [0.1, 0.15) is 15.9 Å². The molecule has 1 amide bonds. The molecule has 0 aliphatic carbocycles. The molecule has 0 saturated carbocycles. The van der Waals surface area contributed by atoms with Crippen molar-refractivity contribution in [1.29, 1.82) is 0 Å². The molecule has 0 aromatic heterocycles. The predicted octanol–water partition coefficient (Wildman–Crippen LogP) is 0.532. The number of aromatic hydroxyl groups is 1. The zero-order valence-electron chi connectivity index (χ0n) is 9.97. The van der Waals surface area contributed by atoms with Gasteiger partial charge in [0.2, 0.25) is 0 Å². The minimum absolute atomic E-state index is 0.0930. The van der Waals surface area contributed by atoms with E-state index in [9.17, 15) is 14.7 Å². The van der Waals surface area contributed by atoms with Crippen LogP contribution < -0.4 is 5.32 Å². The Morgan fingerprint density at radius 3 is 2.78 bits per heavy atom. The average Bonchev–Trinajstić information content (AvgIpc) is 2.31. The first kappa shape index (κ1) is 14.0. The van der Waals surface area contributed by atoms with Crippen LogP contribution in [-0.4, -0.2) is 41.8 Å². The second kappa shape index (κ2) is 6.61. The number of phenols is 1. The number of carboxylic acids is 1. The largest absolute Gasteiger partial charge is 0.507 e. The molecular formula is C12H15NO5. The van der Waals surface area contributed by atoms with Gasteiger partial charge in [-0.05, 0) is 19.1 Å². The molecule has 6 heteroatoms. The van der Waals surface area contributed by atoms with Gasteiger partial charge in [0.05, 0.1) is 12.2 Å². The monoisotopic (exact) mass is 253 g/mol. The number of carboxylic acid groups (broad SMARTS) is 1. The molecule has 6 nitrogen and oxygen atoms in total. The number of aliphatic carboxylic acids is 1. The van der Waals surface area contributed by atoms with Crippen molar-refractivity contribution in [3.8, 4) is 5.75 Å². The Morgan fingerprint density at radius 1 is 1.39 bits per heavy atom. The summed E-state index contributed by atoms with van der Waals surface area (Å²) in [5.74, 6) is -1.57. The summed E-state index contributed by atoms with van der Waals surface area (Å²) in [7, 11) is 0. The third-order valence-electron chi connectivity index (χ3n) is 2.15. The number of carbonyl (C=O) groups is 2. The highest BCUT2D eigenvalue weighted by Crippen LogP contribution is 2.17. The lowest BCUT2D eigenvalue weighted by molar-refractivity contribution is -0.142. The lowest BCUT2D eigenvalue weighted by atomic mass is 10.1. The molecule has 3 N–H and O–H groups in total. The van der Waals surface area contributed by atoms with Crippen molar-refractivity contribution in [1.82, 2.24) is 5.32 Å². The van der Waals surface area contributed by atoms with Crippen LogP contribution in [0.2, 0.25) is 0 Å². The highest BCUT2D eigenvalue weighted by molar-refractivity contribution is 5.96. The van der Waals surface area contributed by atoms with E-state index in [1.54, 1.807) is 12.1 Å². The molecule has 0 unspecified atom stereocenters. The van der Waals surface area contributed by atoms with E-state index >= 15 is 0 Å². The molecule has 1 aromatic carbocycles. The normalized spacial score (nSPS) is 10.1. The van der Waals surface area contributed by atoms with E-state index in [0.29, 0.717) is 0 Å². The average molecular weight is 253 g/mol. The molecule has 0 aliphatic rings. The maximum absolute atomic E-state index is 11.7. The van der Waals surface area contributed by atoms with Gasteiger partial charge in [0, 0.05) is 6.54 Å². The molecule has 98 valence electrons. The number of phenolic OH excluding ortho intramolecular Hbond substituents is 1. The summed E-state index contributed by atoms with van der Waals surface area (Å²) in [5, 5.41) is 20.4. The molecule has 0 aliphatic heterocycles. The van der Waals surface area contributed by atoms with Crippen LogP contribution in [0, 0.1) is 6.92 Å². The summed E-state index contributed by atoms with van der Waals surface area (Å²) in [6, 6.07) is 4.72. The molecule has 0 spiro atoms. The predicted molar refractivity (Wildman–Crippen MR) is 63.6 cm³/mol. The van der Waals surface area contributed by atoms with Crippen LogP contribution in [0.3, 0.4) is 0 Å². The topological polar surface area (TPSA) is 95.9 Å². The number of aryl methyl sites for hydroxylation is 1. The molecular weight excluding hydrogens is 238 g/mol. The fourth-order valence-corrected chi connectivity index (χ4v) is 1.32. The Balaban J connectivity index is 2.41. The maximum Gasteiger partial charge on any atom is 0.329 e. The Bertz CT molecular complexity index is 444. The van der Waals surface area contributed by atoms with Crippen molar-refractivity contribution < 1.29 is 24.5 Å². The number of carbonyl (C=O) groups excluding carboxylic acids is 1. The number of amides is 1. The van der Waals surface area contributed by atoms with Crippen molar-refractivity contribution in [2.24, 2.45) is 0 Å². The van der Waals surface area contributed by atoms with Gasteiger partial charge >= 0.3 is 5.97 Å². The first-order valence-corrected chi connectivity index (χ1v) is 5.38. The standard InChI is InChI=1S/C12H15NO5/c1-8-2-3-10(14)9(6-8)12(17)13-4-5-18-7-11(15)16/h2-3,6,14H,4-5,7H2,1H3,(H,13,17)(H,15,16). The molecule has 1 aromatic rings. The third-order valence-corrected chi connectivity index (χ3v) is 2.15. The number of ether oxygens (including phenoxy) is 1. The maximum atomic E-state index is 11.7. The quantitative estimate of drug-likeness (QED) is 0.643. The van der Waals surface area contributed by atoms with Gasteiger partial charge in [-0.15, -0.1) is 0 Å². The van der Waals surface area contributed by atoms with E-state index in [0.717, 1.165) is 5.56 Å². The first-order chi connectivity index (χ1) is 8.50. The third kappa shape index (κ3) is 4.42. The van der Waals surface area contributed by atoms with E-state index in [2.05, 4.69) is 5.32 Å². The Morgan fingerprint density at radius 2 is 2.11 bits per heavy atom. The smallest absolute Gasteiger partial charge is 0.329 e. The van der Waals surface area contributed by atoms with Gasteiger partial charge in [0.25, 0.3) is 5.91 Å². The van der Waals surface area contributed by atoms with E-state index in [1.807, 2.05) is 6.92 Å². The summed E-state index contributed by atoms with van der Waals surface area (Å²) in [4.78, 5) is 21.8. The van der Waals surface area contributed by atoms with Gasteiger partial charge in [0.15, 0.2) is 0 Å². The van der Waals surface area contributed by atoms with Crippen LogP contribution in [0.4, 0.5) is 0 Å². The Labute approximate surface area is 104 Å². The number of benzene rings is 1. The van der Waals surface area contributed by atoms with Gasteiger partial charge in [-0.1, -0.05) is 11.6 Å². The second-order valence-electron chi connectivity index (χ2n) is 3.72. The van der Waals surface area contributed by atoms with Gasteiger partial charge in [-0.2, -0.15) is 0 Å². The number of nitrogens with one attached hydrogen (secondary N) is 1. The summed E-state index contributed by atoms with van der Waals surface area (Å²) in [5.41, 5.74) is 1.05. The minimum atomic E-state index is -1.06. The molecule has 18 heavy (non-hydrogen) atoms. The second-order valence-corrected chi connectivity index (χ2v) is 3.72. The molecule has 1 rings (SSSR count). The van der Waals surface area contributed by atoms with Gasteiger partial charge in [0.1, 0.15) is 12.4 Å². The molecule has 0 atom stereocenters. The van der Waals surface area contributed by atoms with Crippen molar-refractivity contribution in [2.45, 2.75) is 6.92 Å². The summed E-state index contributed by atoms with van der Waals surface area (Å²) >= 11 is 0. The summed E-state index contributed by atoms with van der Waals surface area (Å²) < 4.78 is 4.76. The fourth-order valence-electron chi connectivity index (χ4n) is 1.32. The lowest BCUT2D eigenvalue weighted by Gasteiger charge is -2.07. The zero-order chi connectivity index (χ0) is 13.5. The van der Waals surface area contributed by atoms with Gasteiger partial charge < -0.3 is 20.3 Å². The number of hydrogen-bond donors (Lipinski definition) is 3. The lowest BCUT2D eigenvalue weighted by Crippen LogP contribution is -2.28. The van der Waals surface area contributed by atoms with Crippen LogP contribution in [-0.2, 0) is 9.53 Å². The van der Waals surface area contributed by atoms with E-state index in [4.69, 9.17) is 9.84 Å². The SMILES string of the molecule is Cc1ccc(O)c(C(=O)NCCOCC(=O)O)c1. The zero-order valence-corrected chi connectivity index (χ0v) is 9.97.